The Hall–Kier alpha value is -0.900. The van der Waals surface area contributed by atoms with Crippen LogP contribution in [0, 0.1) is 0 Å². The first-order chi connectivity index (χ1) is 6.54. The summed E-state index contributed by atoms with van der Waals surface area (Å²) in [5, 5.41) is -0.912. The molecule has 0 aliphatic heterocycles. The number of benzene rings is 1. The van der Waals surface area contributed by atoms with Gasteiger partial charge in [-0.3, -0.25) is 0 Å². The van der Waals surface area contributed by atoms with Crippen LogP contribution in [0.4, 0.5) is 3.89 Å². The molecule has 0 spiro atoms. The van der Waals surface area contributed by atoms with Crippen molar-refractivity contribution >= 4 is 10.2 Å². The third kappa shape index (κ3) is 3.10. The molecule has 0 aromatic heterocycles. The van der Waals surface area contributed by atoms with Gasteiger partial charge in [0.15, 0.2) is 0 Å². The lowest BCUT2D eigenvalue weighted by molar-refractivity contribution is 0.528. The highest BCUT2D eigenvalue weighted by molar-refractivity contribution is 7.87. The molecule has 0 fully saturated rings. The van der Waals surface area contributed by atoms with Crippen molar-refractivity contribution in [3.8, 4) is 0 Å². The Balaban J connectivity index is 2.77. The van der Waals surface area contributed by atoms with Crippen molar-refractivity contribution in [1.29, 1.82) is 0 Å². The normalized spacial score (nSPS) is 13.9. The molecule has 1 rings (SSSR count). The van der Waals surface area contributed by atoms with Gasteiger partial charge in [0.1, 0.15) is 0 Å². The Morgan fingerprint density at radius 2 is 1.86 bits per heavy atom. The van der Waals surface area contributed by atoms with E-state index in [1.165, 1.54) is 0 Å². The lowest BCUT2D eigenvalue weighted by Gasteiger charge is -2.09. The molecule has 0 aliphatic carbocycles. The summed E-state index contributed by atoms with van der Waals surface area (Å²) in [7, 11) is -4.41. The van der Waals surface area contributed by atoms with Crippen molar-refractivity contribution in [1.82, 2.24) is 0 Å². The van der Waals surface area contributed by atoms with Crippen LogP contribution in [-0.2, 0) is 16.6 Å². The molecular formula is C10H13FO2S. The molecule has 2 nitrogen and oxygen atoms in total. The summed E-state index contributed by atoms with van der Waals surface area (Å²) < 4.78 is 34.1. The maximum Gasteiger partial charge on any atom is 0.305 e. The molecule has 1 aromatic rings. The van der Waals surface area contributed by atoms with E-state index in [4.69, 9.17) is 0 Å². The summed E-state index contributed by atoms with van der Waals surface area (Å²) in [5.74, 6) is 0. The molecule has 14 heavy (non-hydrogen) atoms. The van der Waals surface area contributed by atoms with Crippen LogP contribution in [0.3, 0.4) is 0 Å². The van der Waals surface area contributed by atoms with Gasteiger partial charge in [-0.05, 0) is 18.4 Å². The predicted octanol–water partition coefficient (Wildman–Crippen LogP) is 2.31. The number of hydrogen-bond donors (Lipinski definition) is 0. The van der Waals surface area contributed by atoms with Gasteiger partial charge in [0.25, 0.3) is 0 Å². The molecule has 78 valence electrons. The first kappa shape index (κ1) is 11.2. The van der Waals surface area contributed by atoms with Crippen molar-refractivity contribution in [3.05, 3.63) is 35.9 Å². The third-order valence-electron chi connectivity index (χ3n) is 2.16. The number of rotatable bonds is 4. The Bertz CT molecular complexity index is 372. The van der Waals surface area contributed by atoms with Gasteiger partial charge in [0, 0.05) is 0 Å². The molecule has 0 saturated heterocycles. The van der Waals surface area contributed by atoms with Crippen LogP contribution in [0.1, 0.15) is 18.9 Å². The minimum absolute atomic E-state index is 0.246. The van der Waals surface area contributed by atoms with E-state index in [9.17, 15) is 12.3 Å². The van der Waals surface area contributed by atoms with E-state index in [0.29, 0.717) is 6.42 Å². The summed E-state index contributed by atoms with van der Waals surface area (Å²) in [6.07, 6.45) is 0.546. The summed E-state index contributed by atoms with van der Waals surface area (Å²) in [6, 6.07) is 9.07. The van der Waals surface area contributed by atoms with Gasteiger partial charge in [0.2, 0.25) is 0 Å². The fourth-order valence-electron chi connectivity index (χ4n) is 1.32. The van der Waals surface area contributed by atoms with Gasteiger partial charge in [-0.15, -0.1) is 3.89 Å². The van der Waals surface area contributed by atoms with E-state index in [2.05, 4.69) is 0 Å². The predicted molar refractivity (Wildman–Crippen MR) is 54.3 cm³/mol. The van der Waals surface area contributed by atoms with E-state index in [1.54, 1.807) is 19.1 Å². The average Bonchev–Trinajstić information content (AvgIpc) is 2.14. The zero-order valence-electron chi connectivity index (χ0n) is 7.98. The molecule has 0 heterocycles. The Kier molecular flexibility index (Phi) is 3.63. The maximum atomic E-state index is 12.7. The maximum absolute atomic E-state index is 12.7. The van der Waals surface area contributed by atoms with E-state index in [1.807, 2.05) is 18.2 Å². The molecule has 4 heteroatoms. The van der Waals surface area contributed by atoms with Gasteiger partial charge in [-0.2, -0.15) is 8.42 Å². The van der Waals surface area contributed by atoms with Crippen LogP contribution < -0.4 is 0 Å². The van der Waals surface area contributed by atoms with Crippen LogP contribution in [-0.4, -0.2) is 13.7 Å². The lowest BCUT2D eigenvalue weighted by atomic mass is 10.1. The molecule has 1 atom stereocenters. The second kappa shape index (κ2) is 4.55. The zero-order valence-corrected chi connectivity index (χ0v) is 8.80. The smallest absolute Gasteiger partial charge is 0.195 e. The van der Waals surface area contributed by atoms with E-state index in [0.717, 1.165) is 5.56 Å². The molecular weight excluding hydrogens is 203 g/mol. The van der Waals surface area contributed by atoms with Crippen LogP contribution in [0.5, 0.6) is 0 Å². The first-order valence-electron chi connectivity index (χ1n) is 4.51. The summed E-state index contributed by atoms with van der Waals surface area (Å²) in [6.45, 7) is 1.67. The van der Waals surface area contributed by atoms with Crippen molar-refractivity contribution < 1.29 is 12.3 Å². The molecule has 1 aromatic carbocycles. The molecule has 0 amide bonds. The zero-order chi connectivity index (χ0) is 10.6. The van der Waals surface area contributed by atoms with Gasteiger partial charge >= 0.3 is 10.2 Å². The summed E-state index contributed by atoms with van der Waals surface area (Å²) >= 11 is 0. The topological polar surface area (TPSA) is 34.1 Å². The Morgan fingerprint density at radius 1 is 1.29 bits per heavy atom. The Morgan fingerprint density at radius 3 is 2.29 bits per heavy atom. The molecule has 0 radical (unpaired) electrons. The quantitative estimate of drug-likeness (QED) is 0.724. The van der Waals surface area contributed by atoms with Crippen molar-refractivity contribution in [2.45, 2.75) is 25.0 Å². The second-order valence-electron chi connectivity index (χ2n) is 3.20. The summed E-state index contributed by atoms with van der Waals surface area (Å²) in [5.41, 5.74) is 0.848. The Labute approximate surface area is 84.0 Å². The van der Waals surface area contributed by atoms with E-state index < -0.39 is 15.5 Å². The fraction of sp³-hybridized carbons (Fsp3) is 0.400. The monoisotopic (exact) mass is 216 g/mol. The number of hydrogen-bond acceptors (Lipinski definition) is 2. The summed E-state index contributed by atoms with van der Waals surface area (Å²) in [4.78, 5) is 0. The second-order valence-corrected chi connectivity index (χ2v) is 4.81. The van der Waals surface area contributed by atoms with Crippen LogP contribution in [0.25, 0.3) is 0 Å². The van der Waals surface area contributed by atoms with Crippen LogP contribution >= 0.6 is 0 Å². The van der Waals surface area contributed by atoms with E-state index >= 15 is 0 Å². The molecule has 0 aliphatic rings. The largest absolute Gasteiger partial charge is 0.305 e. The van der Waals surface area contributed by atoms with Crippen molar-refractivity contribution in [3.63, 3.8) is 0 Å². The highest BCUT2D eigenvalue weighted by Crippen LogP contribution is 2.14. The molecule has 0 bridgehead atoms. The SMILES string of the molecule is CCC(Cc1ccccc1)S(=O)(=O)F. The molecule has 0 N–H and O–H groups in total. The van der Waals surface area contributed by atoms with E-state index in [-0.39, 0.29) is 6.42 Å². The minimum atomic E-state index is -4.41. The van der Waals surface area contributed by atoms with Gasteiger partial charge < -0.3 is 0 Å². The van der Waals surface area contributed by atoms with Crippen LogP contribution in [0.15, 0.2) is 30.3 Å². The number of halogens is 1. The third-order valence-corrected chi connectivity index (χ3v) is 3.46. The highest BCUT2D eigenvalue weighted by Gasteiger charge is 2.22. The molecule has 0 saturated carbocycles. The van der Waals surface area contributed by atoms with Gasteiger partial charge in [-0.1, -0.05) is 37.3 Å². The fourth-order valence-corrected chi connectivity index (χ4v) is 2.11. The minimum Gasteiger partial charge on any atom is -0.195 e. The standard InChI is InChI=1S/C10H13FO2S/c1-2-10(14(11,12)13)8-9-6-4-3-5-7-9/h3-7,10H,2,8H2,1H3. The van der Waals surface area contributed by atoms with Crippen molar-refractivity contribution in [2.75, 3.05) is 0 Å². The highest BCUT2D eigenvalue weighted by atomic mass is 32.3. The van der Waals surface area contributed by atoms with Crippen LogP contribution in [0.2, 0.25) is 0 Å². The lowest BCUT2D eigenvalue weighted by Crippen LogP contribution is -2.18. The first-order valence-corrected chi connectivity index (χ1v) is 5.96. The van der Waals surface area contributed by atoms with Gasteiger partial charge in [0.05, 0.1) is 5.25 Å². The van der Waals surface area contributed by atoms with Gasteiger partial charge in [-0.25, -0.2) is 0 Å². The average molecular weight is 216 g/mol. The molecule has 1 unspecified atom stereocenters. The van der Waals surface area contributed by atoms with Crippen molar-refractivity contribution in [2.24, 2.45) is 0 Å².